The molecule has 0 aromatic rings. The molecule has 1 amide bonds. The standard InChI is InChI=1S/C12H21NO4/c1-3-12(6-4-5-7-12)11(16)13-9(8-14)10(15)17-2/h9,14H,3-8H2,1-2H3,(H,13,16). The Kier molecular flexibility index (Phi) is 4.93. The molecule has 1 atom stereocenters. The molecule has 0 bridgehead atoms. The number of aliphatic hydroxyl groups is 1. The Bertz CT molecular complexity index is 284. The molecule has 0 aromatic heterocycles. The largest absolute Gasteiger partial charge is 0.467 e. The average molecular weight is 243 g/mol. The van der Waals surface area contributed by atoms with Crippen LogP contribution in [0.5, 0.6) is 0 Å². The highest BCUT2D eigenvalue weighted by molar-refractivity contribution is 5.88. The molecule has 0 saturated heterocycles. The van der Waals surface area contributed by atoms with Crippen LogP contribution in [0.4, 0.5) is 0 Å². The summed E-state index contributed by atoms with van der Waals surface area (Å²) in [4.78, 5) is 23.4. The van der Waals surface area contributed by atoms with E-state index in [0.717, 1.165) is 32.1 Å². The Morgan fingerprint density at radius 2 is 2.00 bits per heavy atom. The smallest absolute Gasteiger partial charge is 0.330 e. The first-order valence-corrected chi connectivity index (χ1v) is 6.09. The first-order valence-electron chi connectivity index (χ1n) is 6.09. The molecule has 5 heteroatoms. The van der Waals surface area contributed by atoms with Crippen LogP contribution in [0.2, 0.25) is 0 Å². The Morgan fingerprint density at radius 1 is 1.41 bits per heavy atom. The SMILES string of the molecule is CCC1(C(=O)NC(CO)C(=O)OC)CCCC1. The van der Waals surface area contributed by atoms with Gasteiger partial charge in [-0.3, -0.25) is 4.79 Å². The van der Waals surface area contributed by atoms with Crippen LogP contribution in [-0.2, 0) is 14.3 Å². The van der Waals surface area contributed by atoms with E-state index in [-0.39, 0.29) is 11.3 Å². The molecule has 1 rings (SSSR count). The fraction of sp³-hybridized carbons (Fsp3) is 0.833. The molecule has 0 radical (unpaired) electrons. The van der Waals surface area contributed by atoms with Gasteiger partial charge in [-0.25, -0.2) is 4.79 Å². The van der Waals surface area contributed by atoms with Crippen molar-refractivity contribution >= 4 is 11.9 Å². The second-order valence-electron chi connectivity index (χ2n) is 4.57. The lowest BCUT2D eigenvalue weighted by Gasteiger charge is -2.27. The van der Waals surface area contributed by atoms with Crippen LogP contribution in [0, 0.1) is 5.41 Å². The Labute approximate surface area is 102 Å². The lowest BCUT2D eigenvalue weighted by molar-refractivity contribution is -0.147. The third-order valence-corrected chi connectivity index (χ3v) is 3.69. The number of aliphatic hydroxyl groups excluding tert-OH is 1. The minimum absolute atomic E-state index is 0.137. The molecule has 0 aromatic carbocycles. The van der Waals surface area contributed by atoms with Gasteiger partial charge in [0.2, 0.25) is 5.91 Å². The zero-order valence-corrected chi connectivity index (χ0v) is 10.5. The second kappa shape index (κ2) is 6.00. The molecule has 0 spiro atoms. The number of hydrogen-bond donors (Lipinski definition) is 2. The van der Waals surface area contributed by atoms with E-state index in [0.29, 0.717) is 0 Å². The third kappa shape index (κ3) is 2.97. The predicted octanol–water partition coefficient (Wildman–Crippen LogP) is 0.607. The van der Waals surface area contributed by atoms with Gasteiger partial charge in [0.05, 0.1) is 13.7 Å². The summed E-state index contributed by atoms with van der Waals surface area (Å²) in [6.45, 7) is 1.55. The molecule has 1 aliphatic rings. The van der Waals surface area contributed by atoms with Crippen LogP contribution in [0.25, 0.3) is 0 Å². The summed E-state index contributed by atoms with van der Waals surface area (Å²) in [6.07, 6.45) is 4.56. The zero-order chi connectivity index (χ0) is 12.9. The Balaban J connectivity index is 2.66. The van der Waals surface area contributed by atoms with E-state index in [4.69, 9.17) is 5.11 Å². The minimum Gasteiger partial charge on any atom is -0.467 e. The number of carbonyl (C=O) groups is 2. The van der Waals surface area contributed by atoms with Crippen molar-refractivity contribution in [3.63, 3.8) is 0 Å². The van der Waals surface area contributed by atoms with E-state index in [9.17, 15) is 9.59 Å². The highest BCUT2D eigenvalue weighted by Gasteiger charge is 2.40. The van der Waals surface area contributed by atoms with Crippen molar-refractivity contribution in [1.82, 2.24) is 5.32 Å². The maximum atomic E-state index is 12.2. The number of amides is 1. The molecule has 5 nitrogen and oxygen atoms in total. The monoisotopic (exact) mass is 243 g/mol. The van der Waals surface area contributed by atoms with Gasteiger partial charge in [-0.2, -0.15) is 0 Å². The van der Waals surface area contributed by atoms with Crippen molar-refractivity contribution < 1.29 is 19.4 Å². The molecule has 17 heavy (non-hydrogen) atoms. The van der Waals surface area contributed by atoms with E-state index in [2.05, 4.69) is 10.1 Å². The van der Waals surface area contributed by atoms with Crippen molar-refractivity contribution in [2.75, 3.05) is 13.7 Å². The fourth-order valence-electron chi connectivity index (χ4n) is 2.43. The van der Waals surface area contributed by atoms with Gasteiger partial charge in [0.25, 0.3) is 0 Å². The number of rotatable bonds is 5. The van der Waals surface area contributed by atoms with Crippen molar-refractivity contribution in [3.8, 4) is 0 Å². The first kappa shape index (κ1) is 14.0. The molecular weight excluding hydrogens is 222 g/mol. The van der Waals surface area contributed by atoms with Gasteiger partial charge in [0.15, 0.2) is 6.04 Å². The summed E-state index contributed by atoms with van der Waals surface area (Å²) in [6, 6.07) is -0.948. The zero-order valence-electron chi connectivity index (χ0n) is 10.5. The Hall–Kier alpha value is -1.10. The molecule has 1 saturated carbocycles. The lowest BCUT2D eigenvalue weighted by Crippen LogP contribution is -2.49. The molecule has 2 N–H and O–H groups in total. The summed E-state index contributed by atoms with van der Waals surface area (Å²) in [5, 5.41) is 11.6. The molecule has 1 unspecified atom stereocenters. The number of nitrogens with one attached hydrogen (secondary N) is 1. The van der Waals surface area contributed by atoms with Gasteiger partial charge in [-0.05, 0) is 19.3 Å². The quantitative estimate of drug-likeness (QED) is 0.694. The number of methoxy groups -OCH3 is 1. The van der Waals surface area contributed by atoms with Crippen molar-refractivity contribution in [3.05, 3.63) is 0 Å². The van der Waals surface area contributed by atoms with E-state index < -0.39 is 18.6 Å². The number of ether oxygens (including phenoxy) is 1. The molecule has 0 aliphatic heterocycles. The van der Waals surface area contributed by atoms with Gasteiger partial charge >= 0.3 is 5.97 Å². The van der Waals surface area contributed by atoms with Gasteiger partial charge in [0, 0.05) is 5.41 Å². The number of esters is 1. The maximum Gasteiger partial charge on any atom is 0.330 e. The molecule has 0 heterocycles. The van der Waals surface area contributed by atoms with Crippen LogP contribution in [0.3, 0.4) is 0 Å². The summed E-state index contributed by atoms with van der Waals surface area (Å²) < 4.78 is 4.52. The maximum absolute atomic E-state index is 12.2. The van der Waals surface area contributed by atoms with Crippen molar-refractivity contribution in [2.45, 2.75) is 45.1 Å². The lowest BCUT2D eigenvalue weighted by atomic mass is 9.82. The molecule has 1 aliphatic carbocycles. The van der Waals surface area contributed by atoms with Gasteiger partial charge in [-0.15, -0.1) is 0 Å². The normalized spacial score (nSPS) is 19.7. The van der Waals surface area contributed by atoms with Gasteiger partial charge < -0.3 is 15.2 Å². The van der Waals surface area contributed by atoms with E-state index in [1.165, 1.54) is 7.11 Å². The molecular formula is C12H21NO4. The second-order valence-corrected chi connectivity index (χ2v) is 4.57. The van der Waals surface area contributed by atoms with Gasteiger partial charge in [0.1, 0.15) is 0 Å². The number of carbonyl (C=O) groups excluding carboxylic acids is 2. The minimum atomic E-state index is -0.948. The summed E-state index contributed by atoms with van der Waals surface area (Å²) in [5.41, 5.74) is -0.360. The van der Waals surface area contributed by atoms with E-state index in [1.54, 1.807) is 0 Å². The summed E-state index contributed by atoms with van der Waals surface area (Å²) in [7, 11) is 1.24. The third-order valence-electron chi connectivity index (χ3n) is 3.69. The van der Waals surface area contributed by atoms with Gasteiger partial charge in [-0.1, -0.05) is 19.8 Å². The van der Waals surface area contributed by atoms with E-state index in [1.807, 2.05) is 6.92 Å². The number of hydrogen-bond acceptors (Lipinski definition) is 4. The van der Waals surface area contributed by atoms with Crippen LogP contribution in [0.1, 0.15) is 39.0 Å². The predicted molar refractivity (Wildman–Crippen MR) is 62.2 cm³/mol. The summed E-state index contributed by atoms with van der Waals surface area (Å²) in [5.74, 6) is -0.743. The highest BCUT2D eigenvalue weighted by Crippen LogP contribution is 2.41. The highest BCUT2D eigenvalue weighted by atomic mass is 16.5. The van der Waals surface area contributed by atoms with Crippen LogP contribution < -0.4 is 5.32 Å². The van der Waals surface area contributed by atoms with Crippen LogP contribution in [0.15, 0.2) is 0 Å². The van der Waals surface area contributed by atoms with Crippen LogP contribution in [-0.4, -0.2) is 36.7 Å². The fourth-order valence-corrected chi connectivity index (χ4v) is 2.43. The van der Waals surface area contributed by atoms with Crippen molar-refractivity contribution in [2.24, 2.45) is 5.41 Å². The van der Waals surface area contributed by atoms with E-state index >= 15 is 0 Å². The topological polar surface area (TPSA) is 75.6 Å². The molecule has 98 valence electrons. The first-order chi connectivity index (χ1) is 8.09. The van der Waals surface area contributed by atoms with Crippen molar-refractivity contribution in [1.29, 1.82) is 0 Å². The summed E-state index contributed by atoms with van der Waals surface area (Å²) >= 11 is 0. The van der Waals surface area contributed by atoms with Crippen LogP contribution >= 0.6 is 0 Å². The average Bonchev–Trinajstić information content (AvgIpc) is 2.84. The molecule has 1 fully saturated rings. The Morgan fingerprint density at radius 3 is 2.41 bits per heavy atom.